The van der Waals surface area contributed by atoms with Gasteiger partial charge in [0.15, 0.2) is 0 Å². The van der Waals surface area contributed by atoms with Crippen molar-refractivity contribution in [3.05, 3.63) is 81.8 Å². The summed E-state index contributed by atoms with van der Waals surface area (Å²) in [5.41, 5.74) is 4.34. The second-order valence-electron chi connectivity index (χ2n) is 7.67. The lowest BCUT2D eigenvalue weighted by molar-refractivity contribution is 0.102. The van der Waals surface area contributed by atoms with Crippen LogP contribution in [0.2, 0.25) is 0 Å². The number of amides is 1. The van der Waals surface area contributed by atoms with E-state index in [-0.39, 0.29) is 11.1 Å². The Labute approximate surface area is 174 Å². The predicted octanol–water partition coefficient (Wildman–Crippen LogP) is 3.80. The first-order chi connectivity index (χ1) is 14.3. The highest BCUT2D eigenvalue weighted by molar-refractivity contribution is 6.05. The van der Waals surface area contributed by atoms with Gasteiger partial charge in [-0.05, 0) is 60.4 Å². The van der Waals surface area contributed by atoms with Crippen LogP contribution in [0, 0.1) is 6.92 Å². The van der Waals surface area contributed by atoms with Crippen molar-refractivity contribution in [2.75, 3.05) is 5.32 Å². The van der Waals surface area contributed by atoms with Gasteiger partial charge in [-0.15, -0.1) is 5.10 Å². The number of aryl methyl sites for hydroxylation is 2. The average Bonchev–Trinajstić information content (AvgIpc) is 3.08. The number of rotatable bonds is 4. The number of aromatic nitrogens is 4. The molecule has 1 amide bonds. The van der Waals surface area contributed by atoms with Gasteiger partial charge >= 0.3 is 0 Å². The van der Waals surface area contributed by atoms with Gasteiger partial charge in [0.2, 0.25) is 0 Å². The van der Waals surface area contributed by atoms with E-state index in [1.807, 2.05) is 30.3 Å². The number of nitrogens with one attached hydrogen (secondary N) is 1. The van der Waals surface area contributed by atoms with Gasteiger partial charge < -0.3 is 5.32 Å². The fourth-order valence-corrected chi connectivity index (χ4v) is 3.45. The van der Waals surface area contributed by atoms with E-state index >= 15 is 0 Å². The van der Waals surface area contributed by atoms with E-state index in [9.17, 15) is 9.59 Å². The molecule has 7 nitrogen and oxygen atoms in total. The number of fused-ring (bicyclic) bond motifs is 1. The molecule has 1 N–H and O–H groups in total. The van der Waals surface area contributed by atoms with Gasteiger partial charge in [-0.1, -0.05) is 31.2 Å². The standard InChI is InChI=1S/C23H23N5O2/c1-14(2)16-6-5-7-18(12-16)28-11-10-15(3)21(23(28)30)22(29)24-17-8-9-20-19(13-17)25-26-27(20)4/h5-14H,1-4H3,(H,24,29). The smallest absolute Gasteiger partial charge is 0.268 e. The minimum Gasteiger partial charge on any atom is -0.322 e. The van der Waals surface area contributed by atoms with Gasteiger partial charge in [0.1, 0.15) is 11.1 Å². The monoisotopic (exact) mass is 401 g/mol. The Bertz CT molecular complexity index is 1320. The number of hydrogen-bond acceptors (Lipinski definition) is 4. The number of benzene rings is 2. The summed E-state index contributed by atoms with van der Waals surface area (Å²) in [6.45, 7) is 5.96. The number of carbonyl (C=O) groups excluding carboxylic acids is 1. The Morgan fingerprint density at radius 1 is 1.10 bits per heavy atom. The summed E-state index contributed by atoms with van der Waals surface area (Å²) in [5, 5.41) is 10.9. The van der Waals surface area contributed by atoms with Gasteiger partial charge in [0, 0.05) is 24.6 Å². The number of nitrogens with zero attached hydrogens (tertiary/aromatic N) is 4. The normalized spacial score (nSPS) is 11.2. The minimum atomic E-state index is -0.449. The Balaban J connectivity index is 1.71. The van der Waals surface area contributed by atoms with Crippen molar-refractivity contribution in [3.63, 3.8) is 0 Å². The lowest BCUT2D eigenvalue weighted by Crippen LogP contribution is -2.29. The summed E-state index contributed by atoms with van der Waals surface area (Å²) < 4.78 is 3.17. The molecule has 4 rings (SSSR count). The molecule has 2 aromatic heterocycles. The van der Waals surface area contributed by atoms with Crippen LogP contribution in [-0.4, -0.2) is 25.5 Å². The summed E-state index contributed by atoms with van der Waals surface area (Å²) in [6, 6.07) is 14.9. The number of pyridine rings is 1. The molecule has 2 aromatic carbocycles. The van der Waals surface area contributed by atoms with Gasteiger partial charge in [-0.25, -0.2) is 4.68 Å². The van der Waals surface area contributed by atoms with E-state index in [1.165, 1.54) is 4.57 Å². The van der Waals surface area contributed by atoms with Crippen molar-refractivity contribution in [3.8, 4) is 5.69 Å². The molecule has 0 spiro atoms. The maximum Gasteiger partial charge on any atom is 0.268 e. The maximum absolute atomic E-state index is 13.2. The summed E-state index contributed by atoms with van der Waals surface area (Å²) in [4.78, 5) is 26.2. The molecular formula is C23H23N5O2. The Morgan fingerprint density at radius 3 is 2.67 bits per heavy atom. The van der Waals surface area contributed by atoms with Crippen LogP contribution in [0.25, 0.3) is 16.7 Å². The molecule has 0 saturated heterocycles. The molecule has 0 fully saturated rings. The van der Waals surface area contributed by atoms with Crippen LogP contribution in [-0.2, 0) is 7.05 Å². The Hall–Kier alpha value is -3.74. The van der Waals surface area contributed by atoms with E-state index in [4.69, 9.17) is 0 Å². The molecule has 7 heteroatoms. The second kappa shape index (κ2) is 7.59. The molecule has 152 valence electrons. The van der Waals surface area contributed by atoms with Crippen LogP contribution >= 0.6 is 0 Å². The quantitative estimate of drug-likeness (QED) is 0.564. The summed E-state index contributed by atoms with van der Waals surface area (Å²) in [7, 11) is 1.80. The lowest BCUT2D eigenvalue weighted by Gasteiger charge is -2.13. The van der Waals surface area contributed by atoms with Crippen LogP contribution in [0.1, 0.15) is 41.3 Å². The van der Waals surface area contributed by atoms with Crippen LogP contribution in [0.5, 0.6) is 0 Å². The molecule has 0 saturated carbocycles. The van der Waals surface area contributed by atoms with Crippen molar-refractivity contribution in [2.24, 2.45) is 7.05 Å². The highest BCUT2D eigenvalue weighted by Gasteiger charge is 2.17. The van der Waals surface area contributed by atoms with Gasteiger partial charge in [0.25, 0.3) is 11.5 Å². The van der Waals surface area contributed by atoms with Crippen molar-refractivity contribution in [1.82, 2.24) is 19.6 Å². The van der Waals surface area contributed by atoms with Crippen molar-refractivity contribution in [1.29, 1.82) is 0 Å². The molecule has 0 aliphatic heterocycles. The molecule has 0 aliphatic carbocycles. The van der Waals surface area contributed by atoms with Gasteiger partial charge in [0.05, 0.1) is 5.52 Å². The molecule has 0 unspecified atom stereocenters. The molecule has 0 radical (unpaired) electrons. The number of anilines is 1. The van der Waals surface area contributed by atoms with Crippen molar-refractivity contribution >= 4 is 22.6 Å². The van der Waals surface area contributed by atoms with Crippen LogP contribution < -0.4 is 10.9 Å². The Kier molecular flexibility index (Phi) is 4.95. The molecule has 0 bridgehead atoms. The van der Waals surface area contributed by atoms with E-state index in [0.717, 1.165) is 16.8 Å². The van der Waals surface area contributed by atoms with Crippen LogP contribution in [0.3, 0.4) is 0 Å². The molecule has 4 aromatic rings. The topological polar surface area (TPSA) is 81.8 Å². The summed E-state index contributed by atoms with van der Waals surface area (Å²) >= 11 is 0. The summed E-state index contributed by atoms with van der Waals surface area (Å²) in [6.07, 6.45) is 1.71. The SMILES string of the molecule is Cc1ccn(-c2cccc(C(C)C)c2)c(=O)c1C(=O)Nc1ccc2c(c1)nnn2C. The third-order valence-electron chi connectivity index (χ3n) is 5.21. The van der Waals surface area contributed by atoms with Crippen LogP contribution in [0.15, 0.2) is 59.5 Å². The Morgan fingerprint density at radius 2 is 1.90 bits per heavy atom. The largest absolute Gasteiger partial charge is 0.322 e. The van der Waals surface area contributed by atoms with Crippen molar-refractivity contribution in [2.45, 2.75) is 26.7 Å². The van der Waals surface area contributed by atoms with E-state index in [2.05, 4.69) is 29.5 Å². The third kappa shape index (κ3) is 3.50. The van der Waals surface area contributed by atoms with E-state index < -0.39 is 5.91 Å². The van der Waals surface area contributed by atoms with E-state index in [1.54, 1.807) is 43.0 Å². The zero-order valence-corrected chi connectivity index (χ0v) is 17.4. The fraction of sp³-hybridized carbons (Fsp3) is 0.217. The minimum absolute atomic E-state index is 0.117. The van der Waals surface area contributed by atoms with Gasteiger partial charge in [-0.2, -0.15) is 0 Å². The van der Waals surface area contributed by atoms with Gasteiger partial charge in [-0.3, -0.25) is 14.2 Å². The van der Waals surface area contributed by atoms with E-state index in [0.29, 0.717) is 22.7 Å². The first-order valence-corrected chi connectivity index (χ1v) is 9.78. The predicted molar refractivity (Wildman–Crippen MR) is 117 cm³/mol. The number of carbonyl (C=O) groups is 1. The first kappa shape index (κ1) is 19.6. The molecule has 0 atom stereocenters. The third-order valence-corrected chi connectivity index (χ3v) is 5.21. The highest BCUT2D eigenvalue weighted by atomic mass is 16.2. The van der Waals surface area contributed by atoms with Crippen molar-refractivity contribution < 1.29 is 4.79 Å². The highest BCUT2D eigenvalue weighted by Crippen LogP contribution is 2.19. The molecule has 30 heavy (non-hydrogen) atoms. The zero-order valence-electron chi connectivity index (χ0n) is 17.4. The lowest BCUT2D eigenvalue weighted by atomic mass is 10.0. The molecular weight excluding hydrogens is 378 g/mol. The van der Waals surface area contributed by atoms with Crippen LogP contribution in [0.4, 0.5) is 5.69 Å². The first-order valence-electron chi connectivity index (χ1n) is 9.78. The summed E-state index contributed by atoms with van der Waals surface area (Å²) in [5.74, 6) is -0.111. The molecule has 0 aliphatic rings. The molecule has 2 heterocycles. The number of hydrogen-bond donors (Lipinski definition) is 1. The average molecular weight is 401 g/mol. The fourth-order valence-electron chi connectivity index (χ4n) is 3.45. The maximum atomic E-state index is 13.2. The zero-order chi connectivity index (χ0) is 21.4. The second-order valence-corrected chi connectivity index (χ2v) is 7.67.